The van der Waals surface area contributed by atoms with Crippen molar-refractivity contribution in [2.75, 3.05) is 31.5 Å². The molecule has 1 aliphatic heterocycles. The molecule has 0 aliphatic carbocycles. The monoisotopic (exact) mass is 347 g/mol. The van der Waals surface area contributed by atoms with Crippen LogP contribution in [0.25, 0.3) is 0 Å². The highest BCUT2D eigenvalue weighted by Crippen LogP contribution is 2.16. The maximum Gasteiger partial charge on any atom is 0.322 e. The predicted octanol–water partition coefficient (Wildman–Crippen LogP) is 2.81. The number of piperazine rings is 1. The van der Waals surface area contributed by atoms with Crippen LogP contribution in [0.2, 0.25) is 0 Å². The van der Waals surface area contributed by atoms with Gasteiger partial charge in [-0.15, -0.1) is 11.3 Å². The predicted molar refractivity (Wildman–Crippen MR) is 91.6 cm³/mol. The lowest BCUT2D eigenvalue weighted by Crippen LogP contribution is -2.52. The average Bonchev–Trinajstić information content (AvgIpc) is 3.10. The molecule has 1 aliphatic rings. The minimum Gasteiger partial charge on any atom is -0.339 e. The van der Waals surface area contributed by atoms with Gasteiger partial charge in [-0.2, -0.15) is 0 Å². The molecule has 126 valence electrons. The van der Waals surface area contributed by atoms with Gasteiger partial charge in [0.2, 0.25) is 5.91 Å². The lowest BCUT2D eigenvalue weighted by atomic mass is 10.1. The van der Waals surface area contributed by atoms with E-state index in [-0.39, 0.29) is 24.2 Å². The summed E-state index contributed by atoms with van der Waals surface area (Å²) in [6, 6.07) is 9.87. The Balaban J connectivity index is 1.50. The van der Waals surface area contributed by atoms with Crippen molar-refractivity contribution in [1.29, 1.82) is 0 Å². The molecule has 1 N–H and O–H groups in total. The number of nitrogens with one attached hydrogen (secondary N) is 1. The van der Waals surface area contributed by atoms with Crippen molar-refractivity contribution in [1.82, 2.24) is 9.80 Å². The van der Waals surface area contributed by atoms with Crippen LogP contribution in [0, 0.1) is 5.82 Å². The molecule has 0 atom stereocenters. The molecule has 7 heteroatoms. The number of benzene rings is 1. The summed E-state index contributed by atoms with van der Waals surface area (Å²) in [6.45, 7) is 1.87. The van der Waals surface area contributed by atoms with Crippen LogP contribution >= 0.6 is 11.3 Å². The first-order chi connectivity index (χ1) is 11.6. The Morgan fingerprint density at radius 2 is 1.75 bits per heavy atom. The van der Waals surface area contributed by atoms with Crippen LogP contribution in [0.5, 0.6) is 0 Å². The fourth-order valence-electron chi connectivity index (χ4n) is 2.61. The second-order valence-electron chi connectivity index (χ2n) is 5.54. The molecule has 0 bridgehead atoms. The quantitative estimate of drug-likeness (QED) is 0.928. The van der Waals surface area contributed by atoms with Crippen molar-refractivity contribution in [2.45, 2.75) is 6.42 Å². The van der Waals surface area contributed by atoms with Gasteiger partial charge < -0.3 is 9.80 Å². The molecule has 1 aromatic heterocycles. The SMILES string of the molecule is O=C(Cc1ccccc1F)N1CCN(C(=O)Nc2cccs2)CC1. The van der Waals surface area contributed by atoms with Gasteiger partial charge in [-0.1, -0.05) is 18.2 Å². The van der Waals surface area contributed by atoms with Gasteiger partial charge in [0.05, 0.1) is 11.4 Å². The van der Waals surface area contributed by atoms with Gasteiger partial charge in [0.15, 0.2) is 0 Å². The van der Waals surface area contributed by atoms with E-state index in [1.165, 1.54) is 17.4 Å². The Labute approximate surface area is 143 Å². The van der Waals surface area contributed by atoms with Crippen LogP contribution in [0.1, 0.15) is 5.56 Å². The van der Waals surface area contributed by atoms with Gasteiger partial charge in [-0.05, 0) is 29.1 Å². The number of halogens is 1. The Bertz CT molecular complexity index is 712. The van der Waals surface area contributed by atoms with E-state index >= 15 is 0 Å². The van der Waals surface area contributed by atoms with Crippen molar-refractivity contribution >= 4 is 28.3 Å². The van der Waals surface area contributed by atoms with Crippen molar-refractivity contribution in [3.05, 3.63) is 53.2 Å². The zero-order valence-corrected chi connectivity index (χ0v) is 13.9. The molecule has 0 spiro atoms. The van der Waals surface area contributed by atoms with Gasteiger partial charge in [0.1, 0.15) is 5.82 Å². The summed E-state index contributed by atoms with van der Waals surface area (Å²) in [5.41, 5.74) is 0.403. The van der Waals surface area contributed by atoms with E-state index in [1.807, 2.05) is 17.5 Å². The molecule has 0 unspecified atom stereocenters. The molecule has 2 aromatic rings. The molecule has 24 heavy (non-hydrogen) atoms. The molecule has 1 fully saturated rings. The van der Waals surface area contributed by atoms with E-state index in [0.717, 1.165) is 5.00 Å². The van der Waals surface area contributed by atoms with E-state index < -0.39 is 0 Å². The summed E-state index contributed by atoms with van der Waals surface area (Å²) in [4.78, 5) is 27.8. The molecule has 0 saturated carbocycles. The Hall–Kier alpha value is -2.41. The van der Waals surface area contributed by atoms with E-state index in [0.29, 0.717) is 31.7 Å². The first-order valence-corrected chi connectivity index (χ1v) is 8.62. The lowest BCUT2D eigenvalue weighted by molar-refractivity contribution is -0.131. The van der Waals surface area contributed by atoms with Gasteiger partial charge in [0.25, 0.3) is 0 Å². The number of rotatable bonds is 3. The molecule has 2 heterocycles. The Morgan fingerprint density at radius 1 is 1.04 bits per heavy atom. The topological polar surface area (TPSA) is 52.7 Å². The highest BCUT2D eigenvalue weighted by molar-refractivity contribution is 7.14. The number of carbonyl (C=O) groups excluding carboxylic acids is 2. The summed E-state index contributed by atoms with van der Waals surface area (Å²) >= 11 is 1.46. The van der Waals surface area contributed by atoms with Gasteiger partial charge in [-0.25, -0.2) is 9.18 Å². The molecular formula is C17H18FN3O2S. The summed E-state index contributed by atoms with van der Waals surface area (Å²) in [7, 11) is 0. The number of thiophene rings is 1. The summed E-state index contributed by atoms with van der Waals surface area (Å²) < 4.78 is 13.6. The number of hydrogen-bond acceptors (Lipinski definition) is 3. The van der Waals surface area contributed by atoms with Crippen LogP contribution < -0.4 is 5.32 Å². The zero-order chi connectivity index (χ0) is 16.9. The number of urea groups is 1. The standard InChI is InChI=1S/C17H18FN3O2S/c18-14-5-2-1-4-13(14)12-16(22)20-7-9-21(10-8-20)17(23)19-15-6-3-11-24-15/h1-6,11H,7-10,12H2,(H,19,23). The maximum absolute atomic E-state index is 13.6. The molecular weight excluding hydrogens is 329 g/mol. The number of carbonyl (C=O) groups is 2. The first-order valence-electron chi connectivity index (χ1n) is 7.74. The third kappa shape index (κ3) is 3.91. The molecule has 1 saturated heterocycles. The fraction of sp³-hybridized carbons (Fsp3) is 0.294. The van der Waals surface area contributed by atoms with E-state index in [4.69, 9.17) is 0 Å². The van der Waals surface area contributed by atoms with Gasteiger partial charge >= 0.3 is 6.03 Å². The van der Waals surface area contributed by atoms with E-state index in [2.05, 4.69) is 5.32 Å². The largest absolute Gasteiger partial charge is 0.339 e. The third-order valence-corrected chi connectivity index (χ3v) is 4.76. The summed E-state index contributed by atoms with van der Waals surface area (Å²) in [5.74, 6) is -0.474. The van der Waals surface area contributed by atoms with Crippen LogP contribution in [0.3, 0.4) is 0 Å². The van der Waals surface area contributed by atoms with Crippen molar-refractivity contribution in [3.8, 4) is 0 Å². The van der Waals surface area contributed by atoms with Crippen molar-refractivity contribution in [3.63, 3.8) is 0 Å². The molecule has 0 radical (unpaired) electrons. The smallest absolute Gasteiger partial charge is 0.322 e. The first kappa shape index (κ1) is 16.4. The Kier molecular flexibility index (Phi) is 5.10. The molecule has 1 aromatic carbocycles. The minimum absolute atomic E-state index is 0.0497. The van der Waals surface area contributed by atoms with Crippen LogP contribution in [-0.4, -0.2) is 47.9 Å². The van der Waals surface area contributed by atoms with E-state index in [1.54, 1.807) is 28.0 Å². The van der Waals surface area contributed by atoms with Crippen LogP contribution in [-0.2, 0) is 11.2 Å². The normalized spacial score (nSPS) is 14.5. The maximum atomic E-state index is 13.6. The molecule has 3 amide bonds. The highest BCUT2D eigenvalue weighted by atomic mass is 32.1. The lowest BCUT2D eigenvalue weighted by Gasteiger charge is -2.34. The second kappa shape index (κ2) is 7.44. The second-order valence-corrected chi connectivity index (χ2v) is 6.49. The highest BCUT2D eigenvalue weighted by Gasteiger charge is 2.24. The number of nitrogens with zero attached hydrogens (tertiary/aromatic N) is 2. The van der Waals surface area contributed by atoms with Crippen LogP contribution in [0.4, 0.5) is 14.2 Å². The van der Waals surface area contributed by atoms with Gasteiger partial charge in [-0.3, -0.25) is 10.1 Å². The summed E-state index contributed by atoms with van der Waals surface area (Å²) in [6.07, 6.45) is 0.0497. The minimum atomic E-state index is -0.361. The third-order valence-electron chi connectivity index (χ3n) is 3.97. The average molecular weight is 347 g/mol. The van der Waals surface area contributed by atoms with E-state index in [9.17, 15) is 14.0 Å². The zero-order valence-electron chi connectivity index (χ0n) is 13.1. The van der Waals surface area contributed by atoms with Gasteiger partial charge in [0, 0.05) is 26.2 Å². The van der Waals surface area contributed by atoms with Crippen molar-refractivity contribution in [2.24, 2.45) is 0 Å². The Morgan fingerprint density at radius 3 is 2.42 bits per heavy atom. The number of hydrogen-bond donors (Lipinski definition) is 1. The van der Waals surface area contributed by atoms with Crippen LogP contribution in [0.15, 0.2) is 41.8 Å². The van der Waals surface area contributed by atoms with Crippen molar-refractivity contribution < 1.29 is 14.0 Å². The fourth-order valence-corrected chi connectivity index (χ4v) is 3.22. The number of anilines is 1. The molecule has 3 rings (SSSR count). The molecule has 5 nitrogen and oxygen atoms in total. The summed E-state index contributed by atoms with van der Waals surface area (Å²) in [5, 5.41) is 5.54. The number of amides is 3.